The standard InChI is InChI=1S/C20H27NO5/c1-12(26-20(23)16-9-13-4-6-15(16)8-13)19(22)21-11-14-5-7-17(24-2)18(10-14)25-3/h5,7,10,12-13,15-16H,4,6,8-9,11H2,1-3H3,(H,21,22). The topological polar surface area (TPSA) is 73.9 Å². The number of benzene rings is 1. The van der Waals surface area contributed by atoms with E-state index in [1.165, 1.54) is 6.42 Å². The molecule has 2 saturated carbocycles. The molecular weight excluding hydrogens is 334 g/mol. The van der Waals surface area contributed by atoms with E-state index in [2.05, 4.69) is 5.32 Å². The van der Waals surface area contributed by atoms with E-state index in [9.17, 15) is 9.59 Å². The minimum absolute atomic E-state index is 0.0187. The predicted octanol–water partition coefficient (Wildman–Crippen LogP) is 2.69. The van der Waals surface area contributed by atoms with Crippen LogP contribution in [0.2, 0.25) is 0 Å². The van der Waals surface area contributed by atoms with Gasteiger partial charge in [0.05, 0.1) is 20.1 Å². The normalized spacial score (nSPS) is 24.8. The average Bonchev–Trinajstić information content (AvgIpc) is 3.29. The molecule has 2 bridgehead atoms. The molecule has 0 aromatic heterocycles. The summed E-state index contributed by atoms with van der Waals surface area (Å²) in [5.41, 5.74) is 0.877. The van der Waals surface area contributed by atoms with E-state index in [1.807, 2.05) is 12.1 Å². The Morgan fingerprint density at radius 2 is 1.92 bits per heavy atom. The fourth-order valence-corrected chi connectivity index (χ4v) is 4.17. The molecule has 0 aliphatic heterocycles. The molecule has 1 amide bonds. The predicted molar refractivity (Wildman–Crippen MR) is 95.9 cm³/mol. The summed E-state index contributed by atoms with van der Waals surface area (Å²) < 4.78 is 15.9. The number of ether oxygens (including phenoxy) is 3. The lowest BCUT2D eigenvalue weighted by molar-refractivity contribution is -0.160. The molecule has 2 aliphatic rings. The summed E-state index contributed by atoms with van der Waals surface area (Å²) in [5, 5.41) is 2.80. The van der Waals surface area contributed by atoms with E-state index in [4.69, 9.17) is 14.2 Å². The van der Waals surface area contributed by atoms with Gasteiger partial charge in [-0.1, -0.05) is 12.5 Å². The molecule has 142 valence electrons. The van der Waals surface area contributed by atoms with Crippen molar-refractivity contribution in [1.29, 1.82) is 0 Å². The highest BCUT2D eigenvalue weighted by atomic mass is 16.5. The Morgan fingerprint density at radius 3 is 2.54 bits per heavy atom. The smallest absolute Gasteiger partial charge is 0.309 e. The molecule has 2 aliphatic carbocycles. The van der Waals surface area contributed by atoms with Crippen LogP contribution in [0.1, 0.15) is 38.2 Å². The summed E-state index contributed by atoms with van der Waals surface area (Å²) in [5.74, 6) is 1.84. The van der Waals surface area contributed by atoms with Crippen molar-refractivity contribution >= 4 is 11.9 Å². The zero-order chi connectivity index (χ0) is 18.7. The number of carbonyl (C=O) groups excluding carboxylic acids is 2. The molecule has 26 heavy (non-hydrogen) atoms. The maximum atomic E-state index is 12.3. The lowest BCUT2D eigenvalue weighted by Gasteiger charge is -2.22. The summed E-state index contributed by atoms with van der Waals surface area (Å²) in [6, 6.07) is 5.46. The Morgan fingerprint density at radius 1 is 1.15 bits per heavy atom. The largest absolute Gasteiger partial charge is 0.493 e. The van der Waals surface area contributed by atoms with Crippen LogP contribution >= 0.6 is 0 Å². The first-order valence-electron chi connectivity index (χ1n) is 9.21. The van der Waals surface area contributed by atoms with Gasteiger partial charge >= 0.3 is 5.97 Å². The molecule has 0 heterocycles. The molecule has 1 aromatic carbocycles. The molecule has 4 atom stereocenters. The number of nitrogens with one attached hydrogen (secondary N) is 1. The van der Waals surface area contributed by atoms with Crippen molar-refractivity contribution < 1.29 is 23.8 Å². The summed E-state index contributed by atoms with van der Waals surface area (Å²) in [6.07, 6.45) is 3.62. The Hall–Kier alpha value is -2.24. The summed E-state index contributed by atoms with van der Waals surface area (Å²) in [7, 11) is 3.14. The van der Waals surface area contributed by atoms with Crippen LogP contribution in [-0.4, -0.2) is 32.2 Å². The number of rotatable bonds is 7. The van der Waals surface area contributed by atoms with Crippen molar-refractivity contribution in [2.45, 2.75) is 45.3 Å². The van der Waals surface area contributed by atoms with Crippen molar-refractivity contribution in [3.63, 3.8) is 0 Å². The summed E-state index contributed by atoms with van der Waals surface area (Å²) >= 11 is 0. The van der Waals surface area contributed by atoms with Gasteiger partial charge in [-0.3, -0.25) is 9.59 Å². The van der Waals surface area contributed by atoms with Gasteiger partial charge in [-0.2, -0.15) is 0 Å². The molecule has 0 radical (unpaired) electrons. The van der Waals surface area contributed by atoms with Crippen LogP contribution in [0.25, 0.3) is 0 Å². The minimum Gasteiger partial charge on any atom is -0.493 e. The first-order chi connectivity index (χ1) is 12.5. The van der Waals surface area contributed by atoms with Crippen LogP contribution in [0.5, 0.6) is 11.5 Å². The van der Waals surface area contributed by atoms with E-state index >= 15 is 0 Å². The van der Waals surface area contributed by atoms with Crippen LogP contribution in [0.3, 0.4) is 0 Å². The monoisotopic (exact) mass is 361 g/mol. The van der Waals surface area contributed by atoms with Gasteiger partial charge in [-0.25, -0.2) is 0 Å². The number of methoxy groups -OCH3 is 2. The fraction of sp³-hybridized carbons (Fsp3) is 0.600. The van der Waals surface area contributed by atoms with Gasteiger partial charge in [0.1, 0.15) is 0 Å². The number of amides is 1. The number of hydrogen-bond donors (Lipinski definition) is 1. The maximum Gasteiger partial charge on any atom is 0.309 e. The van der Waals surface area contributed by atoms with Crippen molar-refractivity contribution in [3.05, 3.63) is 23.8 Å². The average molecular weight is 361 g/mol. The van der Waals surface area contributed by atoms with Gasteiger partial charge in [0.25, 0.3) is 5.91 Å². The molecule has 0 spiro atoms. The molecule has 1 aromatic rings. The maximum absolute atomic E-state index is 12.3. The number of esters is 1. The zero-order valence-corrected chi connectivity index (χ0v) is 15.6. The molecule has 1 N–H and O–H groups in total. The molecule has 2 fully saturated rings. The van der Waals surface area contributed by atoms with Crippen LogP contribution < -0.4 is 14.8 Å². The van der Waals surface area contributed by atoms with Gasteiger partial charge < -0.3 is 19.5 Å². The minimum atomic E-state index is -0.790. The lowest BCUT2D eigenvalue weighted by atomic mass is 9.89. The molecule has 6 heteroatoms. The SMILES string of the molecule is COc1ccc(CNC(=O)C(C)OC(=O)C2CC3CCC2C3)cc1OC. The van der Waals surface area contributed by atoms with Gasteiger partial charge in [0, 0.05) is 6.54 Å². The van der Waals surface area contributed by atoms with Crippen molar-refractivity contribution in [1.82, 2.24) is 5.32 Å². The van der Waals surface area contributed by atoms with E-state index < -0.39 is 6.10 Å². The van der Waals surface area contributed by atoms with E-state index in [0.717, 1.165) is 24.8 Å². The van der Waals surface area contributed by atoms with Crippen LogP contribution in [0.4, 0.5) is 0 Å². The van der Waals surface area contributed by atoms with Crippen molar-refractivity contribution in [2.75, 3.05) is 14.2 Å². The Bertz CT molecular complexity index is 674. The number of fused-ring (bicyclic) bond motifs is 2. The molecule has 6 nitrogen and oxygen atoms in total. The number of hydrogen-bond acceptors (Lipinski definition) is 5. The van der Waals surface area contributed by atoms with Crippen LogP contribution in [-0.2, 0) is 20.9 Å². The Labute approximate surface area is 154 Å². The first kappa shape index (κ1) is 18.5. The Balaban J connectivity index is 1.49. The van der Waals surface area contributed by atoms with E-state index in [-0.39, 0.29) is 17.8 Å². The highest BCUT2D eigenvalue weighted by Crippen LogP contribution is 2.48. The first-order valence-corrected chi connectivity index (χ1v) is 9.21. The second-order valence-corrected chi connectivity index (χ2v) is 7.27. The molecular formula is C20H27NO5. The van der Waals surface area contributed by atoms with Crippen molar-refractivity contribution in [3.8, 4) is 11.5 Å². The molecule has 4 unspecified atom stereocenters. The van der Waals surface area contributed by atoms with Gasteiger partial charge in [-0.05, 0) is 55.7 Å². The highest BCUT2D eigenvalue weighted by Gasteiger charge is 2.44. The molecule has 3 rings (SSSR count). The van der Waals surface area contributed by atoms with E-state index in [0.29, 0.717) is 29.9 Å². The second kappa shape index (κ2) is 7.98. The fourth-order valence-electron chi connectivity index (χ4n) is 4.17. The van der Waals surface area contributed by atoms with Crippen molar-refractivity contribution in [2.24, 2.45) is 17.8 Å². The summed E-state index contributed by atoms with van der Waals surface area (Å²) in [4.78, 5) is 24.6. The van der Waals surface area contributed by atoms with Crippen LogP contribution in [0, 0.1) is 17.8 Å². The lowest BCUT2D eigenvalue weighted by Crippen LogP contribution is -2.37. The van der Waals surface area contributed by atoms with Gasteiger partial charge in [0.15, 0.2) is 17.6 Å². The van der Waals surface area contributed by atoms with Gasteiger partial charge in [-0.15, -0.1) is 0 Å². The number of carbonyl (C=O) groups is 2. The second-order valence-electron chi connectivity index (χ2n) is 7.27. The zero-order valence-electron chi connectivity index (χ0n) is 15.6. The third-order valence-electron chi connectivity index (χ3n) is 5.62. The third-order valence-corrected chi connectivity index (χ3v) is 5.62. The van der Waals surface area contributed by atoms with Gasteiger partial charge in [0.2, 0.25) is 0 Å². The highest BCUT2D eigenvalue weighted by molar-refractivity contribution is 5.84. The van der Waals surface area contributed by atoms with Crippen LogP contribution in [0.15, 0.2) is 18.2 Å². The Kier molecular flexibility index (Phi) is 5.69. The third kappa shape index (κ3) is 3.94. The van der Waals surface area contributed by atoms with E-state index in [1.54, 1.807) is 27.2 Å². The molecule has 0 saturated heterocycles. The summed E-state index contributed by atoms with van der Waals surface area (Å²) in [6.45, 7) is 1.95. The quantitative estimate of drug-likeness (QED) is 0.756.